The van der Waals surface area contributed by atoms with Gasteiger partial charge in [-0.15, -0.1) is 0 Å². The number of fused-ring (bicyclic) bond motifs is 1. The third-order valence-corrected chi connectivity index (χ3v) is 2.02. The Morgan fingerprint density at radius 2 is 2.42 bits per heavy atom. The Morgan fingerprint density at radius 1 is 1.50 bits per heavy atom. The first-order valence-electron chi connectivity index (χ1n) is 3.45. The van der Waals surface area contributed by atoms with Crippen molar-refractivity contribution in [3.05, 3.63) is 23.8 Å². The van der Waals surface area contributed by atoms with Crippen LogP contribution >= 0.6 is 12.2 Å². The summed E-state index contributed by atoms with van der Waals surface area (Å²) >= 11 is 1.08. The quantitative estimate of drug-likeness (QED) is 0.491. The zero-order chi connectivity index (χ0) is 8.39. The Labute approximate surface area is 74.7 Å². The van der Waals surface area contributed by atoms with Crippen LogP contribution in [0.2, 0.25) is 0 Å². The summed E-state index contributed by atoms with van der Waals surface area (Å²) in [5.74, 6) is 1.64. The molecule has 3 nitrogen and oxygen atoms in total. The van der Waals surface area contributed by atoms with Gasteiger partial charge in [0.15, 0.2) is 0 Å². The first-order chi connectivity index (χ1) is 5.90. The van der Waals surface area contributed by atoms with E-state index in [2.05, 4.69) is 4.40 Å². The molecule has 1 aromatic carbocycles. The van der Waals surface area contributed by atoms with Gasteiger partial charge in [0.05, 0.1) is 7.11 Å². The van der Waals surface area contributed by atoms with Gasteiger partial charge in [0.1, 0.15) is 11.5 Å². The van der Waals surface area contributed by atoms with Gasteiger partial charge in [0, 0.05) is 11.8 Å². The lowest BCUT2D eigenvalue weighted by molar-refractivity contribution is 0.414. The minimum absolute atomic E-state index is 0.815. The van der Waals surface area contributed by atoms with Crippen molar-refractivity contribution in [3.8, 4) is 11.5 Å². The smallest absolute Gasteiger partial charge is 0.201 e. The van der Waals surface area contributed by atoms with Gasteiger partial charge < -0.3 is 8.92 Å². The lowest BCUT2D eigenvalue weighted by atomic mass is 10.2. The molecular formula is C8H7NO2S. The molecule has 0 fully saturated rings. The van der Waals surface area contributed by atoms with Crippen molar-refractivity contribution < 1.29 is 8.92 Å². The van der Waals surface area contributed by atoms with E-state index in [1.165, 1.54) is 0 Å². The number of nitrogens with zero attached hydrogens (tertiary/aromatic N) is 1. The number of methoxy groups -OCH3 is 1. The third kappa shape index (κ3) is 1.25. The van der Waals surface area contributed by atoms with E-state index >= 15 is 0 Å². The molecule has 2 rings (SSSR count). The van der Waals surface area contributed by atoms with E-state index in [0.717, 1.165) is 29.3 Å². The lowest BCUT2D eigenvalue weighted by Gasteiger charge is -2.09. The second-order valence-electron chi connectivity index (χ2n) is 2.30. The monoisotopic (exact) mass is 181 g/mol. The lowest BCUT2D eigenvalue weighted by Crippen LogP contribution is -1.94. The molecule has 1 heterocycles. The van der Waals surface area contributed by atoms with Crippen LogP contribution < -0.4 is 8.92 Å². The van der Waals surface area contributed by atoms with E-state index in [4.69, 9.17) is 8.92 Å². The zero-order valence-corrected chi connectivity index (χ0v) is 7.30. The average Bonchev–Trinajstić information content (AvgIpc) is 2.17. The van der Waals surface area contributed by atoms with Gasteiger partial charge in [-0.1, -0.05) is 0 Å². The predicted molar refractivity (Wildman–Crippen MR) is 48.8 cm³/mol. The predicted octanol–water partition coefficient (Wildman–Crippen LogP) is 2.07. The first kappa shape index (κ1) is 7.49. The first-order valence-corrected chi connectivity index (χ1v) is 4.15. The van der Waals surface area contributed by atoms with Crippen LogP contribution in [0.15, 0.2) is 22.6 Å². The highest BCUT2D eigenvalue weighted by atomic mass is 32.2. The van der Waals surface area contributed by atoms with Crippen LogP contribution in [0.25, 0.3) is 0 Å². The maximum absolute atomic E-state index is 5.19. The van der Waals surface area contributed by atoms with Crippen LogP contribution in [0, 0.1) is 0 Å². The minimum atomic E-state index is 0.815. The van der Waals surface area contributed by atoms with Gasteiger partial charge in [0.2, 0.25) is 12.2 Å². The number of rotatable bonds is 1. The number of benzene rings is 1. The zero-order valence-electron chi connectivity index (χ0n) is 6.48. The van der Waals surface area contributed by atoms with Crippen LogP contribution in [0.3, 0.4) is 0 Å². The van der Waals surface area contributed by atoms with E-state index in [9.17, 15) is 0 Å². The van der Waals surface area contributed by atoms with Crippen molar-refractivity contribution in [1.29, 1.82) is 0 Å². The molecule has 0 amide bonds. The van der Waals surface area contributed by atoms with Gasteiger partial charge >= 0.3 is 0 Å². The Morgan fingerprint density at radius 3 is 3.25 bits per heavy atom. The highest BCUT2D eigenvalue weighted by Crippen LogP contribution is 2.28. The Bertz CT molecular complexity index is 325. The second-order valence-corrected chi connectivity index (χ2v) is 2.82. The molecular weight excluding hydrogens is 174 g/mol. The van der Waals surface area contributed by atoms with Crippen molar-refractivity contribution in [2.45, 2.75) is 0 Å². The SMILES string of the molecule is COc1ccc2c(c1)C=NSO2. The molecule has 1 aliphatic heterocycles. The van der Waals surface area contributed by atoms with E-state index < -0.39 is 0 Å². The number of hydrogen-bond acceptors (Lipinski definition) is 4. The Hall–Kier alpha value is -1.16. The maximum atomic E-state index is 5.19. The van der Waals surface area contributed by atoms with Crippen LogP contribution in [0.4, 0.5) is 0 Å². The normalized spacial score (nSPS) is 13.4. The van der Waals surface area contributed by atoms with Crippen molar-refractivity contribution in [2.75, 3.05) is 7.11 Å². The molecule has 0 spiro atoms. The van der Waals surface area contributed by atoms with Crippen molar-refractivity contribution in [3.63, 3.8) is 0 Å². The molecule has 0 N–H and O–H groups in total. The molecule has 0 bridgehead atoms. The molecule has 0 aromatic heterocycles. The van der Waals surface area contributed by atoms with E-state index in [1.807, 2.05) is 18.2 Å². The molecule has 4 heteroatoms. The van der Waals surface area contributed by atoms with Gasteiger partial charge in [-0.25, -0.2) is 0 Å². The number of ether oxygens (including phenoxy) is 1. The largest absolute Gasteiger partial charge is 0.497 e. The average molecular weight is 181 g/mol. The molecule has 1 aliphatic rings. The van der Waals surface area contributed by atoms with Crippen LogP contribution in [-0.2, 0) is 0 Å². The van der Waals surface area contributed by atoms with Crippen molar-refractivity contribution in [1.82, 2.24) is 0 Å². The van der Waals surface area contributed by atoms with Crippen LogP contribution in [0.5, 0.6) is 11.5 Å². The summed E-state index contributed by atoms with van der Waals surface area (Å²) in [6.45, 7) is 0. The van der Waals surface area contributed by atoms with Crippen molar-refractivity contribution in [2.24, 2.45) is 4.40 Å². The molecule has 0 saturated carbocycles. The van der Waals surface area contributed by atoms with E-state index in [1.54, 1.807) is 13.3 Å². The summed E-state index contributed by atoms with van der Waals surface area (Å²) < 4.78 is 14.2. The fourth-order valence-corrected chi connectivity index (χ4v) is 1.40. The van der Waals surface area contributed by atoms with E-state index in [-0.39, 0.29) is 0 Å². The second kappa shape index (κ2) is 3.06. The standard InChI is InChI=1S/C8H7NO2S/c1-10-7-2-3-8-6(4-7)5-9-12-11-8/h2-5H,1H3. The number of hydrogen-bond donors (Lipinski definition) is 0. The minimum Gasteiger partial charge on any atom is -0.497 e. The molecule has 62 valence electrons. The fraction of sp³-hybridized carbons (Fsp3) is 0.125. The highest BCUT2D eigenvalue weighted by molar-refractivity contribution is 7.93. The summed E-state index contributed by atoms with van der Waals surface area (Å²) in [4.78, 5) is 0. The molecule has 0 saturated heterocycles. The molecule has 0 aliphatic carbocycles. The molecule has 1 aromatic rings. The summed E-state index contributed by atoms with van der Waals surface area (Å²) in [5.41, 5.74) is 0.952. The molecule has 12 heavy (non-hydrogen) atoms. The van der Waals surface area contributed by atoms with Gasteiger partial charge in [-0.05, 0) is 18.2 Å². The highest BCUT2D eigenvalue weighted by Gasteiger charge is 2.07. The fourth-order valence-electron chi connectivity index (χ4n) is 0.970. The maximum Gasteiger partial charge on any atom is 0.201 e. The summed E-state index contributed by atoms with van der Waals surface area (Å²) in [6.07, 6.45) is 1.76. The topological polar surface area (TPSA) is 30.8 Å². The van der Waals surface area contributed by atoms with Crippen molar-refractivity contribution >= 4 is 18.4 Å². The summed E-state index contributed by atoms with van der Waals surface area (Å²) in [6, 6.07) is 5.61. The molecule has 0 unspecified atom stereocenters. The van der Waals surface area contributed by atoms with E-state index in [0.29, 0.717) is 0 Å². The summed E-state index contributed by atoms with van der Waals surface area (Å²) in [7, 11) is 1.64. The summed E-state index contributed by atoms with van der Waals surface area (Å²) in [5, 5.41) is 0. The third-order valence-electron chi connectivity index (χ3n) is 1.58. The van der Waals surface area contributed by atoms with Gasteiger partial charge in [-0.2, -0.15) is 4.40 Å². The van der Waals surface area contributed by atoms with Gasteiger partial charge in [0.25, 0.3) is 0 Å². The molecule has 0 atom stereocenters. The van der Waals surface area contributed by atoms with Gasteiger partial charge in [-0.3, -0.25) is 0 Å². The van der Waals surface area contributed by atoms with Crippen LogP contribution in [-0.4, -0.2) is 13.3 Å². The van der Waals surface area contributed by atoms with Crippen LogP contribution in [0.1, 0.15) is 5.56 Å². The Balaban J connectivity index is 2.44. The Kier molecular flexibility index (Phi) is 1.91. The molecule has 0 radical (unpaired) electrons.